The van der Waals surface area contributed by atoms with Crippen molar-refractivity contribution in [2.45, 2.75) is 104 Å². The predicted octanol–water partition coefficient (Wildman–Crippen LogP) is 10.4. The van der Waals surface area contributed by atoms with Crippen LogP contribution in [0.3, 0.4) is 0 Å². The second-order valence-corrected chi connectivity index (χ2v) is 15.2. The van der Waals surface area contributed by atoms with E-state index in [2.05, 4.69) is 145 Å². The maximum atomic E-state index is 6.47. The number of hydrogen-bond donors (Lipinski definition) is 0. The lowest BCUT2D eigenvalue weighted by Crippen LogP contribution is -2.41. The van der Waals surface area contributed by atoms with E-state index in [9.17, 15) is 0 Å². The first-order valence-corrected chi connectivity index (χ1v) is 17.2. The van der Waals surface area contributed by atoms with E-state index in [4.69, 9.17) is 9.31 Å². The van der Waals surface area contributed by atoms with E-state index in [1.54, 1.807) is 0 Å². The summed E-state index contributed by atoms with van der Waals surface area (Å²) < 4.78 is 12.9. The minimum atomic E-state index is -0.375. The Balaban J connectivity index is 0.00000166. The molecule has 46 heavy (non-hydrogen) atoms. The van der Waals surface area contributed by atoms with Gasteiger partial charge in [0.05, 0.1) is 22.6 Å². The highest BCUT2D eigenvalue weighted by molar-refractivity contribution is 6.62. The van der Waals surface area contributed by atoms with Crippen LogP contribution < -0.4 is 10.4 Å². The van der Waals surface area contributed by atoms with E-state index in [0.29, 0.717) is 0 Å². The number of rotatable bonds is 2. The van der Waals surface area contributed by atoms with Crippen molar-refractivity contribution in [1.29, 1.82) is 0 Å². The Morgan fingerprint density at radius 2 is 1.30 bits per heavy atom. The summed E-state index contributed by atoms with van der Waals surface area (Å²) in [6.07, 6.45) is 6.83. The highest BCUT2D eigenvalue weighted by Gasteiger charge is 2.52. The maximum Gasteiger partial charge on any atom is 0.494 e. The van der Waals surface area contributed by atoms with Gasteiger partial charge in [-0.2, -0.15) is 0 Å². The van der Waals surface area contributed by atoms with Gasteiger partial charge < -0.3 is 14.2 Å². The SMILES string of the molecule is CC.CC1(C)c2cc(B3OC(C)(C)C(C)(C)O3)ccc2-c2cc3c(cc21)N(c1ccc2c(c1)C=CCC2)c1ccccc1C3(C)C. The predicted molar refractivity (Wildman–Crippen MR) is 195 cm³/mol. The molecule has 0 bridgehead atoms. The smallest absolute Gasteiger partial charge is 0.399 e. The van der Waals surface area contributed by atoms with Gasteiger partial charge in [0.25, 0.3) is 0 Å². The van der Waals surface area contributed by atoms with Crippen molar-refractivity contribution in [3.8, 4) is 11.1 Å². The fourth-order valence-corrected chi connectivity index (χ4v) is 7.90. The molecule has 0 unspecified atom stereocenters. The van der Waals surface area contributed by atoms with Crippen molar-refractivity contribution in [1.82, 2.24) is 0 Å². The lowest BCUT2D eigenvalue weighted by atomic mass is 9.71. The van der Waals surface area contributed by atoms with Gasteiger partial charge in [0.15, 0.2) is 0 Å². The zero-order valence-electron chi connectivity index (χ0n) is 29.3. The molecule has 0 aromatic heterocycles. The van der Waals surface area contributed by atoms with Crippen LogP contribution in [0.25, 0.3) is 17.2 Å². The van der Waals surface area contributed by atoms with Gasteiger partial charge in [-0.05, 0) is 121 Å². The Hall–Kier alpha value is -3.60. The molecule has 0 N–H and O–H groups in total. The van der Waals surface area contributed by atoms with Gasteiger partial charge in [-0.1, -0.05) is 96.2 Å². The number of benzene rings is 4. The number of nitrogens with zero attached hydrogens (tertiary/aromatic N) is 1. The summed E-state index contributed by atoms with van der Waals surface area (Å²) in [4.78, 5) is 2.51. The summed E-state index contributed by atoms with van der Waals surface area (Å²) in [6.45, 7) is 22.0. The number of fused-ring (bicyclic) bond motifs is 6. The summed E-state index contributed by atoms with van der Waals surface area (Å²) in [5.74, 6) is 0. The Kier molecular flexibility index (Phi) is 7.05. The van der Waals surface area contributed by atoms with E-state index >= 15 is 0 Å². The molecule has 4 heteroatoms. The van der Waals surface area contributed by atoms with Crippen molar-refractivity contribution in [3.63, 3.8) is 0 Å². The molecule has 0 atom stereocenters. The summed E-state index contributed by atoms with van der Waals surface area (Å²) in [6, 6.07) is 27.8. The lowest BCUT2D eigenvalue weighted by Gasteiger charge is -2.43. The molecule has 2 aliphatic carbocycles. The van der Waals surface area contributed by atoms with Crippen LogP contribution in [0.1, 0.15) is 109 Å². The third kappa shape index (κ3) is 4.40. The van der Waals surface area contributed by atoms with E-state index in [1.165, 1.54) is 61.6 Å². The molecule has 4 aliphatic rings. The maximum absolute atomic E-state index is 6.47. The number of anilines is 3. The van der Waals surface area contributed by atoms with E-state index in [1.807, 2.05) is 13.8 Å². The van der Waals surface area contributed by atoms with Gasteiger partial charge in [0.1, 0.15) is 0 Å². The van der Waals surface area contributed by atoms with Gasteiger partial charge in [0, 0.05) is 16.5 Å². The topological polar surface area (TPSA) is 21.7 Å². The summed E-state index contributed by atoms with van der Waals surface area (Å²) in [7, 11) is -0.375. The van der Waals surface area contributed by atoms with Crippen LogP contribution in [-0.2, 0) is 26.6 Å². The lowest BCUT2D eigenvalue weighted by molar-refractivity contribution is 0.00578. The number of hydrogen-bond acceptors (Lipinski definition) is 3. The highest BCUT2D eigenvalue weighted by atomic mass is 16.7. The second kappa shape index (κ2) is 10.5. The summed E-state index contributed by atoms with van der Waals surface area (Å²) in [5.41, 5.74) is 14.6. The first kappa shape index (κ1) is 31.0. The van der Waals surface area contributed by atoms with Gasteiger partial charge >= 0.3 is 7.12 Å². The highest BCUT2D eigenvalue weighted by Crippen LogP contribution is 2.57. The molecular formula is C42H48BNO2. The summed E-state index contributed by atoms with van der Waals surface area (Å²) >= 11 is 0. The Labute approximate surface area is 276 Å². The molecule has 8 rings (SSSR count). The fourth-order valence-electron chi connectivity index (χ4n) is 7.90. The van der Waals surface area contributed by atoms with Crippen LogP contribution in [0.15, 0.2) is 78.9 Å². The first-order valence-electron chi connectivity index (χ1n) is 17.2. The second-order valence-electron chi connectivity index (χ2n) is 15.2. The van der Waals surface area contributed by atoms with Gasteiger partial charge in [0.2, 0.25) is 0 Å². The third-order valence-corrected chi connectivity index (χ3v) is 11.3. The molecule has 0 saturated carbocycles. The summed E-state index contributed by atoms with van der Waals surface area (Å²) in [5, 5.41) is 0. The van der Waals surface area contributed by atoms with Gasteiger partial charge in [-0.25, -0.2) is 0 Å². The van der Waals surface area contributed by atoms with Crippen LogP contribution in [0, 0.1) is 0 Å². The standard InChI is InChI=1S/C40H42BNO2.C2H6/c1-37(2)31-15-11-12-16-35(31)42(28-19-17-25-13-9-10-14-26(25)21-28)36-24-33-30(23-34(36)37)29-20-18-27(22-32(29)38(33,3)4)41-43-39(5,6)40(7,8)44-41;1-2/h10-12,14-24H,9,13H2,1-8H3;1-2H3. The molecule has 3 nitrogen and oxygen atoms in total. The molecule has 236 valence electrons. The van der Waals surface area contributed by atoms with E-state index in [0.717, 1.165) is 18.3 Å². The molecule has 0 spiro atoms. The van der Waals surface area contributed by atoms with Crippen molar-refractivity contribution in [3.05, 3.63) is 112 Å². The van der Waals surface area contributed by atoms with Crippen LogP contribution >= 0.6 is 0 Å². The molecule has 0 radical (unpaired) electrons. The van der Waals surface area contributed by atoms with Gasteiger partial charge in [-0.15, -0.1) is 0 Å². The average molecular weight is 610 g/mol. The molecule has 4 aromatic rings. The Morgan fingerprint density at radius 3 is 2.04 bits per heavy atom. The molecule has 2 heterocycles. The normalized spacial score (nSPS) is 20.1. The largest absolute Gasteiger partial charge is 0.494 e. The number of para-hydroxylation sites is 1. The molecule has 1 fully saturated rings. The van der Waals surface area contributed by atoms with Crippen molar-refractivity contribution < 1.29 is 9.31 Å². The molecule has 1 saturated heterocycles. The molecule has 0 amide bonds. The molecular weight excluding hydrogens is 561 g/mol. The van der Waals surface area contributed by atoms with Crippen molar-refractivity contribution in [2.24, 2.45) is 0 Å². The van der Waals surface area contributed by atoms with Crippen LogP contribution in [0.5, 0.6) is 0 Å². The van der Waals surface area contributed by atoms with Gasteiger partial charge in [-0.3, -0.25) is 0 Å². The third-order valence-electron chi connectivity index (χ3n) is 11.3. The van der Waals surface area contributed by atoms with Crippen molar-refractivity contribution in [2.75, 3.05) is 4.90 Å². The number of aryl methyl sites for hydroxylation is 1. The minimum Gasteiger partial charge on any atom is -0.399 e. The molecule has 4 aromatic carbocycles. The minimum absolute atomic E-state index is 0.152. The van der Waals surface area contributed by atoms with Crippen LogP contribution in [0.4, 0.5) is 17.1 Å². The van der Waals surface area contributed by atoms with E-state index < -0.39 is 0 Å². The van der Waals surface area contributed by atoms with Crippen LogP contribution in [-0.4, -0.2) is 18.3 Å². The average Bonchev–Trinajstić information content (AvgIpc) is 3.40. The Bertz CT molecular complexity index is 1880. The fraction of sp³-hybridized carbons (Fsp3) is 0.381. The Morgan fingerprint density at radius 1 is 0.630 bits per heavy atom. The zero-order valence-corrected chi connectivity index (χ0v) is 29.3. The van der Waals surface area contributed by atoms with Crippen LogP contribution in [0.2, 0.25) is 0 Å². The van der Waals surface area contributed by atoms with E-state index in [-0.39, 0.29) is 29.2 Å². The number of allylic oxidation sites excluding steroid dienone is 1. The monoisotopic (exact) mass is 609 g/mol. The zero-order chi connectivity index (χ0) is 32.8. The molecule has 2 aliphatic heterocycles. The van der Waals surface area contributed by atoms with Crippen molar-refractivity contribution >= 4 is 35.7 Å². The first-order chi connectivity index (χ1) is 21.8. The quantitative estimate of drug-likeness (QED) is 0.211.